The normalized spacial score (nSPS) is 11.1. The van der Waals surface area contributed by atoms with E-state index < -0.39 is 0 Å². The largest absolute Gasteiger partial charge is 0.396 e. The fourth-order valence-electron chi connectivity index (χ4n) is 1.69. The molecule has 1 aromatic carbocycles. The van der Waals surface area contributed by atoms with Crippen LogP contribution in [0.5, 0.6) is 0 Å². The van der Waals surface area contributed by atoms with Crippen LogP contribution in [-0.2, 0) is 4.79 Å². The van der Waals surface area contributed by atoms with Crippen LogP contribution in [0.2, 0.25) is 0 Å². The number of carbonyl (C=O) groups is 1. The van der Waals surface area contributed by atoms with Gasteiger partial charge in [-0.15, -0.1) is 0 Å². The topological polar surface area (TPSA) is 40.5 Å². The lowest BCUT2D eigenvalue weighted by Crippen LogP contribution is -2.36. The maximum Gasteiger partial charge on any atom is 0.246 e. The van der Waals surface area contributed by atoms with Gasteiger partial charge < -0.3 is 10.0 Å². The fourth-order valence-corrected chi connectivity index (χ4v) is 1.69. The van der Waals surface area contributed by atoms with Crippen molar-refractivity contribution in [1.29, 1.82) is 0 Å². The van der Waals surface area contributed by atoms with E-state index >= 15 is 0 Å². The molecule has 0 atom stereocenters. The summed E-state index contributed by atoms with van der Waals surface area (Å²) in [6.07, 6.45) is 4.02. The third-order valence-corrected chi connectivity index (χ3v) is 2.68. The molecule has 3 heteroatoms. The highest BCUT2D eigenvalue weighted by molar-refractivity contribution is 5.91. The highest BCUT2D eigenvalue weighted by atomic mass is 16.3. The second kappa shape index (κ2) is 7.67. The molecule has 1 aromatic rings. The Morgan fingerprint density at radius 2 is 2.00 bits per heavy atom. The molecule has 1 amide bonds. The summed E-state index contributed by atoms with van der Waals surface area (Å²) in [5.41, 5.74) is 1.01. The minimum Gasteiger partial charge on any atom is -0.396 e. The van der Waals surface area contributed by atoms with Gasteiger partial charge in [-0.25, -0.2) is 0 Å². The molecule has 0 saturated carbocycles. The average Bonchev–Trinajstić information content (AvgIpc) is 2.37. The molecule has 0 radical (unpaired) electrons. The van der Waals surface area contributed by atoms with E-state index in [9.17, 15) is 4.79 Å². The summed E-state index contributed by atoms with van der Waals surface area (Å²) in [6, 6.07) is 9.88. The first-order valence-corrected chi connectivity index (χ1v) is 6.29. The Morgan fingerprint density at radius 1 is 1.33 bits per heavy atom. The summed E-state index contributed by atoms with van der Waals surface area (Å²) >= 11 is 0. The monoisotopic (exact) mass is 247 g/mol. The summed E-state index contributed by atoms with van der Waals surface area (Å²) in [5, 5.41) is 8.83. The first-order chi connectivity index (χ1) is 8.65. The maximum absolute atomic E-state index is 12.0. The zero-order valence-corrected chi connectivity index (χ0v) is 11.0. The van der Waals surface area contributed by atoms with Crippen molar-refractivity contribution in [3.63, 3.8) is 0 Å². The molecule has 1 rings (SSSR count). The Labute approximate surface area is 109 Å². The highest BCUT2D eigenvalue weighted by Crippen LogP contribution is 2.05. The predicted octanol–water partition coefficient (Wildman–Crippen LogP) is 2.32. The maximum atomic E-state index is 12.0. The Balaban J connectivity index is 2.64. The molecule has 0 unspecified atom stereocenters. The van der Waals surface area contributed by atoms with Crippen LogP contribution in [0.25, 0.3) is 6.08 Å². The van der Waals surface area contributed by atoms with Gasteiger partial charge >= 0.3 is 0 Å². The number of amides is 1. The van der Waals surface area contributed by atoms with Crippen LogP contribution in [0.15, 0.2) is 36.4 Å². The first kappa shape index (κ1) is 14.5. The van der Waals surface area contributed by atoms with E-state index in [0.29, 0.717) is 13.0 Å². The molecule has 0 spiro atoms. The van der Waals surface area contributed by atoms with Gasteiger partial charge in [-0.2, -0.15) is 0 Å². The molecule has 0 saturated heterocycles. The fraction of sp³-hybridized carbons (Fsp3) is 0.400. The van der Waals surface area contributed by atoms with Crippen molar-refractivity contribution in [2.75, 3.05) is 13.2 Å². The number of rotatable bonds is 6. The predicted molar refractivity (Wildman–Crippen MR) is 74.0 cm³/mol. The van der Waals surface area contributed by atoms with E-state index in [0.717, 1.165) is 5.56 Å². The van der Waals surface area contributed by atoms with Crippen LogP contribution in [0.4, 0.5) is 0 Å². The Kier molecular flexibility index (Phi) is 6.15. The van der Waals surface area contributed by atoms with Gasteiger partial charge in [-0.1, -0.05) is 30.3 Å². The quantitative estimate of drug-likeness (QED) is 0.784. The Hall–Kier alpha value is -1.61. The van der Waals surface area contributed by atoms with Crippen molar-refractivity contribution in [2.24, 2.45) is 0 Å². The average molecular weight is 247 g/mol. The summed E-state index contributed by atoms with van der Waals surface area (Å²) in [7, 11) is 0. The molecular weight excluding hydrogens is 226 g/mol. The molecule has 3 nitrogen and oxygen atoms in total. The number of carbonyl (C=O) groups excluding carboxylic acids is 1. The number of nitrogens with zero attached hydrogens (tertiary/aromatic N) is 1. The van der Waals surface area contributed by atoms with E-state index in [-0.39, 0.29) is 18.6 Å². The van der Waals surface area contributed by atoms with Crippen molar-refractivity contribution >= 4 is 12.0 Å². The zero-order valence-electron chi connectivity index (χ0n) is 11.0. The van der Waals surface area contributed by atoms with Gasteiger partial charge in [0.05, 0.1) is 0 Å². The molecule has 0 heterocycles. The van der Waals surface area contributed by atoms with E-state index in [1.54, 1.807) is 11.0 Å². The summed E-state index contributed by atoms with van der Waals surface area (Å²) < 4.78 is 0. The van der Waals surface area contributed by atoms with Gasteiger partial charge in [0.2, 0.25) is 5.91 Å². The number of hydrogen-bond acceptors (Lipinski definition) is 2. The molecule has 98 valence electrons. The van der Waals surface area contributed by atoms with E-state index in [4.69, 9.17) is 5.11 Å². The van der Waals surface area contributed by atoms with Crippen molar-refractivity contribution < 1.29 is 9.90 Å². The van der Waals surface area contributed by atoms with Gasteiger partial charge in [0.1, 0.15) is 0 Å². The Bertz CT molecular complexity index is 385. The summed E-state index contributed by atoms with van der Waals surface area (Å²) in [4.78, 5) is 13.8. The second-order valence-corrected chi connectivity index (χ2v) is 4.45. The van der Waals surface area contributed by atoms with Gasteiger partial charge in [0.25, 0.3) is 0 Å². The summed E-state index contributed by atoms with van der Waals surface area (Å²) in [6.45, 7) is 4.66. The van der Waals surface area contributed by atoms with Gasteiger partial charge in [-0.3, -0.25) is 4.79 Å². The van der Waals surface area contributed by atoms with Crippen LogP contribution in [0.1, 0.15) is 25.8 Å². The number of benzene rings is 1. The molecule has 0 aliphatic heterocycles. The lowest BCUT2D eigenvalue weighted by atomic mass is 10.2. The lowest BCUT2D eigenvalue weighted by Gasteiger charge is -2.25. The van der Waals surface area contributed by atoms with Crippen molar-refractivity contribution in [2.45, 2.75) is 26.3 Å². The first-order valence-electron chi connectivity index (χ1n) is 6.29. The molecule has 0 aromatic heterocycles. The molecular formula is C15H21NO2. The van der Waals surface area contributed by atoms with Crippen LogP contribution < -0.4 is 0 Å². The molecule has 0 aliphatic carbocycles. The smallest absolute Gasteiger partial charge is 0.246 e. The minimum atomic E-state index is -0.0118. The lowest BCUT2D eigenvalue weighted by molar-refractivity contribution is -0.127. The SMILES string of the molecule is CC(C)N(CCCO)C(=O)/C=C/c1ccccc1. The molecule has 0 aliphatic rings. The molecule has 1 N–H and O–H groups in total. The van der Waals surface area contributed by atoms with Crippen molar-refractivity contribution in [1.82, 2.24) is 4.90 Å². The van der Waals surface area contributed by atoms with E-state index in [2.05, 4.69) is 0 Å². The third-order valence-electron chi connectivity index (χ3n) is 2.68. The van der Waals surface area contributed by atoms with E-state index in [1.807, 2.05) is 50.3 Å². The molecule has 18 heavy (non-hydrogen) atoms. The summed E-state index contributed by atoms with van der Waals surface area (Å²) in [5.74, 6) is -0.0118. The molecule has 0 bridgehead atoms. The zero-order chi connectivity index (χ0) is 13.4. The standard InChI is InChI=1S/C15H21NO2/c1-13(2)16(11-6-12-17)15(18)10-9-14-7-4-3-5-8-14/h3-5,7-10,13,17H,6,11-12H2,1-2H3/b10-9+. The van der Waals surface area contributed by atoms with Crippen LogP contribution in [0, 0.1) is 0 Å². The number of hydrogen-bond donors (Lipinski definition) is 1. The Morgan fingerprint density at radius 3 is 2.56 bits per heavy atom. The third kappa shape index (κ3) is 4.72. The minimum absolute atomic E-state index is 0.0118. The number of aliphatic hydroxyl groups excluding tert-OH is 1. The van der Waals surface area contributed by atoms with Crippen molar-refractivity contribution in [3.05, 3.63) is 42.0 Å². The van der Waals surface area contributed by atoms with E-state index in [1.165, 1.54) is 0 Å². The van der Waals surface area contributed by atoms with Crippen molar-refractivity contribution in [3.8, 4) is 0 Å². The van der Waals surface area contributed by atoms with Crippen LogP contribution in [-0.4, -0.2) is 35.1 Å². The number of aliphatic hydroxyl groups is 1. The highest BCUT2D eigenvalue weighted by Gasteiger charge is 2.13. The second-order valence-electron chi connectivity index (χ2n) is 4.45. The van der Waals surface area contributed by atoms with Gasteiger partial charge in [-0.05, 0) is 31.9 Å². The van der Waals surface area contributed by atoms with Gasteiger partial charge in [0, 0.05) is 25.3 Å². The van der Waals surface area contributed by atoms with Crippen LogP contribution >= 0.6 is 0 Å². The molecule has 0 fully saturated rings. The van der Waals surface area contributed by atoms with Gasteiger partial charge in [0.15, 0.2) is 0 Å². The van der Waals surface area contributed by atoms with Crippen LogP contribution in [0.3, 0.4) is 0 Å².